The summed E-state index contributed by atoms with van der Waals surface area (Å²) in [7, 11) is 0. The van der Waals surface area contributed by atoms with Gasteiger partial charge in [0.1, 0.15) is 23.8 Å². The van der Waals surface area contributed by atoms with Gasteiger partial charge >= 0.3 is 0 Å². The van der Waals surface area contributed by atoms with Crippen molar-refractivity contribution in [1.82, 2.24) is 15.0 Å². The van der Waals surface area contributed by atoms with Crippen molar-refractivity contribution in [3.63, 3.8) is 0 Å². The van der Waals surface area contributed by atoms with E-state index in [9.17, 15) is 0 Å². The molecule has 2 fully saturated rings. The zero-order valence-corrected chi connectivity index (χ0v) is 14.1. The Hall–Kier alpha value is -2.68. The minimum atomic E-state index is 0.442. The van der Waals surface area contributed by atoms with E-state index in [1.165, 1.54) is 18.5 Å². The molecule has 0 aromatic carbocycles. The van der Waals surface area contributed by atoms with Crippen LogP contribution in [0.15, 0.2) is 30.7 Å². The minimum absolute atomic E-state index is 0.442. The Balaban J connectivity index is 1.31. The quantitative estimate of drug-likeness (QED) is 0.836. The lowest BCUT2D eigenvalue weighted by atomic mass is 9.98. The highest BCUT2D eigenvalue weighted by Gasteiger charge is 2.27. The summed E-state index contributed by atoms with van der Waals surface area (Å²) in [5.74, 6) is 2.62. The number of anilines is 1. The number of aromatic nitrogens is 3. The lowest BCUT2D eigenvalue weighted by molar-refractivity contribution is 0.215. The topological polar surface area (TPSA) is 74.9 Å². The molecule has 4 rings (SSSR count). The molecule has 0 radical (unpaired) electrons. The first-order valence-corrected chi connectivity index (χ1v) is 8.88. The van der Waals surface area contributed by atoms with E-state index < -0.39 is 0 Å². The SMILES string of the molecule is N#Cc1cccnc1OCC1CCN(c2cc(C3CC3)ncn2)CC1. The number of rotatable bonds is 5. The lowest BCUT2D eigenvalue weighted by Gasteiger charge is -2.32. The predicted octanol–water partition coefficient (Wildman–Crippen LogP) is 2.92. The van der Waals surface area contributed by atoms with Crippen LogP contribution in [0.4, 0.5) is 5.82 Å². The molecule has 3 heterocycles. The van der Waals surface area contributed by atoms with Crippen LogP contribution in [-0.4, -0.2) is 34.6 Å². The van der Waals surface area contributed by atoms with Crippen molar-refractivity contribution in [1.29, 1.82) is 5.26 Å². The van der Waals surface area contributed by atoms with E-state index in [0.29, 0.717) is 29.9 Å². The first kappa shape index (κ1) is 15.8. The fourth-order valence-corrected chi connectivity index (χ4v) is 3.25. The fourth-order valence-electron chi connectivity index (χ4n) is 3.25. The third-order valence-corrected chi connectivity index (χ3v) is 4.96. The molecule has 1 saturated carbocycles. The number of nitrogens with zero attached hydrogens (tertiary/aromatic N) is 5. The second kappa shape index (κ2) is 7.06. The Morgan fingerprint density at radius 1 is 1.16 bits per heavy atom. The Morgan fingerprint density at radius 3 is 2.76 bits per heavy atom. The third-order valence-electron chi connectivity index (χ3n) is 4.96. The van der Waals surface area contributed by atoms with Crippen LogP contribution in [-0.2, 0) is 0 Å². The number of ether oxygens (including phenoxy) is 1. The molecule has 6 heteroatoms. The average Bonchev–Trinajstić information content (AvgIpc) is 3.52. The monoisotopic (exact) mass is 335 g/mol. The van der Waals surface area contributed by atoms with Crippen LogP contribution >= 0.6 is 0 Å². The smallest absolute Gasteiger partial charge is 0.231 e. The first-order chi connectivity index (χ1) is 12.3. The maximum atomic E-state index is 9.09. The summed E-state index contributed by atoms with van der Waals surface area (Å²) in [5, 5.41) is 9.09. The third kappa shape index (κ3) is 3.71. The van der Waals surface area contributed by atoms with Gasteiger partial charge in [-0.2, -0.15) is 5.26 Å². The summed E-state index contributed by atoms with van der Waals surface area (Å²) in [6, 6.07) is 7.76. The first-order valence-electron chi connectivity index (χ1n) is 8.88. The van der Waals surface area contributed by atoms with Crippen LogP contribution in [0.3, 0.4) is 0 Å². The maximum absolute atomic E-state index is 9.09. The van der Waals surface area contributed by atoms with Crippen molar-refractivity contribution in [2.45, 2.75) is 31.6 Å². The van der Waals surface area contributed by atoms with E-state index in [4.69, 9.17) is 10.00 Å². The van der Waals surface area contributed by atoms with Gasteiger partial charge in [-0.05, 0) is 43.7 Å². The Labute approximate surface area is 147 Å². The molecule has 0 bridgehead atoms. The van der Waals surface area contributed by atoms with Gasteiger partial charge in [0.25, 0.3) is 0 Å². The Bertz CT molecular complexity index is 775. The van der Waals surface area contributed by atoms with Crippen LogP contribution in [0.1, 0.15) is 42.9 Å². The maximum Gasteiger partial charge on any atom is 0.231 e. The highest BCUT2D eigenvalue weighted by atomic mass is 16.5. The van der Waals surface area contributed by atoms with Crippen molar-refractivity contribution in [3.05, 3.63) is 42.0 Å². The molecule has 0 atom stereocenters. The lowest BCUT2D eigenvalue weighted by Crippen LogP contribution is -2.36. The van der Waals surface area contributed by atoms with Crippen molar-refractivity contribution < 1.29 is 4.74 Å². The highest BCUT2D eigenvalue weighted by Crippen LogP contribution is 2.39. The summed E-state index contributed by atoms with van der Waals surface area (Å²) in [6.07, 6.45) is 7.98. The van der Waals surface area contributed by atoms with E-state index in [2.05, 4.69) is 32.0 Å². The van der Waals surface area contributed by atoms with Gasteiger partial charge < -0.3 is 9.64 Å². The highest BCUT2D eigenvalue weighted by molar-refractivity contribution is 5.41. The molecule has 0 spiro atoms. The predicted molar refractivity (Wildman–Crippen MR) is 93.4 cm³/mol. The molecule has 25 heavy (non-hydrogen) atoms. The van der Waals surface area contributed by atoms with Crippen molar-refractivity contribution in [3.8, 4) is 11.9 Å². The van der Waals surface area contributed by atoms with E-state index in [0.717, 1.165) is 31.7 Å². The van der Waals surface area contributed by atoms with Crippen molar-refractivity contribution >= 4 is 5.82 Å². The normalized spacial score (nSPS) is 18.0. The number of hydrogen-bond donors (Lipinski definition) is 0. The second-order valence-electron chi connectivity index (χ2n) is 6.78. The molecule has 1 saturated heterocycles. The summed E-state index contributed by atoms with van der Waals surface area (Å²) < 4.78 is 5.79. The molecular formula is C19H21N5O. The average molecular weight is 335 g/mol. The number of nitriles is 1. The summed E-state index contributed by atoms with van der Waals surface area (Å²) >= 11 is 0. The zero-order chi connectivity index (χ0) is 17.1. The molecule has 1 aliphatic heterocycles. The largest absolute Gasteiger partial charge is 0.476 e. The second-order valence-corrected chi connectivity index (χ2v) is 6.78. The van der Waals surface area contributed by atoms with Gasteiger partial charge in [0.05, 0.1) is 6.61 Å². The van der Waals surface area contributed by atoms with Gasteiger partial charge in [-0.3, -0.25) is 0 Å². The minimum Gasteiger partial charge on any atom is -0.476 e. The Morgan fingerprint density at radius 2 is 2.00 bits per heavy atom. The van der Waals surface area contributed by atoms with Crippen LogP contribution < -0.4 is 9.64 Å². The molecule has 2 aliphatic rings. The molecule has 128 valence electrons. The van der Waals surface area contributed by atoms with Crippen molar-refractivity contribution in [2.75, 3.05) is 24.6 Å². The fraction of sp³-hybridized carbons (Fsp3) is 0.474. The van der Waals surface area contributed by atoms with Crippen LogP contribution in [0.5, 0.6) is 5.88 Å². The van der Waals surface area contributed by atoms with Crippen molar-refractivity contribution in [2.24, 2.45) is 5.92 Å². The molecule has 0 amide bonds. The van der Waals surface area contributed by atoms with E-state index >= 15 is 0 Å². The molecule has 2 aromatic heterocycles. The molecule has 6 nitrogen and oxygen atoms in total. The molecular weight excluding hydrogens is 314 g/mol. The van der Waals surface area contributed by atoms with Crippen LogP contribution in [0.25, 0.3) is 0 Å². The van der Waals surface area contributed by atoms with E-state index in [-0.39, 0.29) is 0 Å². The van der Waals surface area contributed by atoms with Crippen LogP contribution in [0.2, 0.25) is 0 Å². The van der Waals surface area contributed by atoms with Gasteiger partial charge in [0.2, 0.25) is 5.88 Å². The molecule has 0 unspecified atom stereocenters. The van der Waals surface area contributed by atoms with Gasteiger partial charge in [0.15, 0.2) is 0 Å². The van der Waals surface area contributed by atoms with E-state index in [1.54, 1.807) is 24.7 Å². The van der Waals surface area contributed by atoms with Gasteiger partial charge in [-0.1, -0.05) is 0 Å². The van der Waals surface area contributed by atoms with Gasteiger partial charge in [-0.15, -0.1) is 0 Å². The Kier molecular flexibility index (Phi) is 4.47. The number of piperidine rings is 1. The molecule has 0 N–H and O–H groups in total. The van der Waals surface area contributed by atoms with Crippen LogP contribution in [0, 0.1) is 17.2 Å². The van der Waals surface area contributed by atoms with E-state index in [1.807, 2.05) is 0 Å². The molecule has 2 aromatic rings. The molecule has 1 aliphatic carbocycles. The van der Waals surface area contributed by atoms with Gasteiger partial charge in [-0.25, -0.2) is 15.0 Å². The number of hydrogen-bond acceptors (Lipinski definition) is 6. The number of pyridine rings is 1. The van der Waals surface area contributed by atoms with Gasteiger partial charge in [0, 0.05) is 37.0 Å². The summed E-state index contributed by atoms with van der Waals surface area (Å²) in [4.78, 5) is 15.3. The summed E-state index contributed by atoms with van der Waals surface area (Å²) in [5.41, 5.74) is 1.68. The summed E-state index contributed by atoms with van der Waals surface area (Å²) in [6.45, 7) is 2.56. The zero-order valence-electron chi connectivity index (χ0n) is 14.1. The standard InChI is InChI=1S/C19H21N5O/c20-11-16-2-1-7-21-19(16)25-12-14-5-8-24(9-6-14)18-10-17(15-3-4-15)22-13-23-18/h1-2,7,10,13-15H,3-6,8-9,12H2.